The van der Waals surface area contributed by atoms with Crippen molar-refractivity contribution in [3.8, 4) is 11.5 Å². The quantitative estimate of drug-likeness (QED) is 0.0712. The van der Waals surface area contributed by atoms with Crippen LogP contribution in [0.25, 0.3) is 10.8 Å². The summed E-state index contributed by atoms with van der Waals surface area (Å²) >= 11 is 0. The Morgan fingerprint density at radius 2 is 1.22 bits per heavy atom. The molecule has 0 spiro atoms. The van der Waals surface area contributed by atoms with Gasteiger partial charge in [-0.15, -0.1) is 20.5 Å². The van der Waals surface area contributed by atoms with E-state index >= 15 is 0 Å². The van der Waals surface area contributed by atoms with Crippen LogP contribution in [0, 0.1) is 6.92 Å². The number of rotatable bonds is 12. The maximum Gasteiger partial charge on any atom is 0.397 e. The normalized spacial score (nSPS) is 12.4. The average molecular weight is 719 g/mol. The second kappa shape index (κ2) is 14.7. The Hall–Kier alpha value is -5.95. The summed E-state index contributed by atoms with van der Waals surface area (Å²) in [6.07, 6.45) is 0. The molecule has 256 valence electrons. The van der Waals surface area contributed by atoms with E-state index in [0.29, 0.717) is 33.5 Å². The number of hydrogen-bond acceptors (Lipinski definition) is 14. The van der Waals surface area contributed by atoms with Gasteiger partial charge in [0.25, 0.3) is 0 Å². The number of carboxylic acid groups (broad SMARTS) is 1. The van der Waals surface area contributed by atoms with E-state index < -0.39 is 67.0 Å². The van der Waals surface area contributed by atoms with Crippen LogP contribution in [0.3, 0.4) is 0 Å². The summed E-state index contributed by atoms with van der Waals surface area (Å²) in [5.74, 6) is -3.55. The van der Waals surface area contributed by atoms with Crippen molar-refractivity contribution in [1.29, 1.82) is 0 Å². The van der Waals surface area contributed by atoms with Crippen molar-refractivity contribution in [3.63, 3.8) is 0 Å². The molecular formula is C32H26N6O10S2. The Labute approximate surface area is 284 Å². The number of benzene rings is 5. The summed E-state index contributed by atoms with van der Waals surface area (Å²) in [4.78, 5) is 11.7. The van der Waals surface area contributed by atoms with Gasteiger partial charge in [-0.3, -0.25) is 4.55 Å². The highest BCUT2D eigenvalue weighted by Crippen LogP contribution is 2.47. The fourth-order valence-electron chi connectivity index (χ4n) is 4.46. The number of nitrogens with zero attached hydrogens (tertiary/aromatic N) is 6. The van der Waals surface area contributed by atoms with E-state index in [0.717, 1.165) is 11.6 Å². The monoisotopic (exact) mass is 718 g/mol. The molecule has 0 saturated heterocycles. The second-order valence-corrected chi connectivity index (χ2v) is 13.6. The van der Waals surface area contributed by atoms with Gasteiger partial charge in [0.1, 0.15) is 11.4 Å². The van der Waals surface area contributed by atoms with Gasteiger partial charge < -0.3 is 15.3 Å². The van der Waals surface area contributed by atoms with Crippen LogP contribution in [0.2, 0.25) is 0 Å². The first-order valence-electron chi connectivity index (χ1n) is 14.3. The van der Waals surface area contributed by atoms with Crippen molar-refractivity contribution >= 4 is 71.1 Å². The maximum absolute atomic E-state index is 12.4. The molecule has 0 fully saturated rings. The van der Waals surface area contributed by atoms with Crippen LogP contribution >= 0.6 is 0 Å². The molecule has 0 aromatic heterocycles. The van der Waals surface area contributed by atoms with E-state index in [1.54, 1.807) is 60.7 Å². The second-order valence-electron chi connectivity index (χ2n) is 10.4. The smallest absolute Gasteiger partial charge is 0.397 e. The highest BCUT2D eigenvalue weighted by atomic mass is 32.3. The van der Waals surface area contributed by atoms with Crippen molar-refractivity contribution in [3.05, 3.63) is 102 Å². The van der Waals surface area contributed by atoms with Gasteiger partial charge in [-0.1, -0.05) is 42.0 Å². The molecule has 0 atom stereocenters. The zero-order valence-electron chi connectivity index (χ0n) is 25.8. The zero-order valence-corrected chi connectivity index (χ0v) is 27.4. The lowest BCUT2D eigenvalue weighted by molar-refractivity contribution is 0.0696. The molecule has 5 rings (SSSR count). The number of phenolic OH excluding ortho intramolecular Hbond substituents is 2. The number of aryl methyl sites for hydroxylation is 1. The molecule has 0 bridgehead atoms. The first-order chi connectivity index (χ1) is 23.7. The molecule has 0 unspecified atom stereocenters. The summed E-state index contributed by atoms with van der Waals surface area (Å²) in [6, 6.07) is 23.2. The number of phenols is 2. The van der Waals surface area contributed by atoms with E-state index in [9.17, 15) is 36.9 Å². The minimum atomic E-state index is -4.77. The largest absolute Gasteiger partial charge is 0.505 e. The van der Waals surface area contributed by atoms with E-state index in [1.165, 1.54) is 24.3 Å². The van der Waals surface area contributed by atoms with Crippen molar-refractivity contribution in [2.24, 2.45) is 30.7 Å². The maximum atomic E-state index is 12.4. The first-order valence-corrected chi connectivity index (χ1v) is 17.3. The molecular weight excluding hydrogens is 693 g/mol. The average Bonchev–Trinajstić information content (AvgIpc) is 3.07. The lowest BCUT2D eigenvalue weighted by Crippen LogP contribution is -2.15. The number of aromatic hydroxyl groups is 2. The fraction of sp³-hybridized carbons (Fsp3) is 0.0938. The first kappa shape index (κ1) is 35.4. The molecule has 0 aliphatic heterocycles. The van der Waals surface area contributed by atoms with Crippen molar-refractivity contribution in [2.75, 3.05) is 12.4 Å². The number of sulfone groups is 1. The van der Waals surface area contributed by atoms with E-state index in [-0.39, 0.29) is 4.90 Å². The van der Waals surface area contributed by atoms with Crippen LogP contribution in [-0.2, 0) is 24.4 Å². The summed E-state index contributed by atoms with van der Waals surface area (Å²) in [7, 11) is -8.69. The topological polar surface area (TPSA) is 250 Å². The van der Waals surface area contributed by atoms with Gasteiger partial charge in [-0.05, 0) is 61.5 Å². The molecule has 0 aliphatic rings. The number of fused-ring (bicyclic) bond motifs is 1. The van der Waals surface area contributed by atoms with Crippen LogP contribution in [0.15, 0.2) is 127 Å². The lowest BCUT2D eigenvalue weighted by Gasteiger charge is -2.08. The molecule has 0 saturated carbocycles. The van der Waals surface area contributed by atoms with Crippen LogP contribution < -0.4 is 0 Å². The lowest BCUT2D eigenvalue weighted by atomic mass is 10.1. The van der Waals surface area contributed by atoms with Crippen LogP contribution in [0.5, 0.6) is 11.5 Å². The Morgan fingerprint density at radius 3 is 1.78 bits per heavy atom. The summed E-state index contributed by atoms with van der Waals surface area (Å²) in [5, 5.41) is 56.9. The number of carboxylic acids is 1. The molecule has 0 aliphatic carbocycles. The van der Waals surface area contributed by atoms with Crippen molar-refractivity contribution in [2.45, 2.75) is 11.8 Å². The third-order valence-corrected chi connectivity index (χ3v) is 9.11. The van der Waals surface area contributed by atoms with Gasteiger partial charge in [-0.2, -0.15) is 18.6 Å². The molecule has 50 heavy (non-hydrogen) atoms. The predicted octanol–water partition coefficient (Wildman–Crippen LogP) is 8.10. The molecule has 0 radical (unpaired) electrons. The van der Waals surface area contributed by atoms with Crippen LogP contribution in [0.4, 0.5) is 34.1 Å². The van der Waals surface area contributed by atoms with Crippen LogP contribution in [0.1, 0.15) is 15.9 Å². The molecule has 5 aromatic carbocycles. The predicted molar refractivity (Wildman–Crippen MR) is 180 cm³/mol. The Kier molecular flexibility index (Phi) is 10.4. The molecule has 18 heteroatoms. The minimum absolute atomic E-state index is 0.119. The summed E-state index contributed by atoms with van der Waals surface area (Å²) in [5.41, 5.74) is 1.03. The molecule has 0 amide bonds. The SMILES string of the molecule is Cc1ccc(N=Nc2c(C(=O)O)cc(O)c(N=Nc3ccc(N=Nc4ccc(S(=O)(=O)CCOS(=O)(=O)O)cc4)c4ccccc34)c2O)cc1. The summed E-state index contributed by atoms with van der Waals surface area (Å²) in [6.45, 7) is 1.13. The van der Waals surface area contributed by atoms with E-state index in [1.807, 2.05) is 6.92 Å². The van der Waals surface area contributed by atoms with Gasteiger partial charge in [-0.25, -0.2) is 17.4 Å². The zero-order chi connectivity index (χ0) is 36.1. The fourth-order valence-corrected chi connectivity index (χ4v) is 5.95. The van der Waals surface area contributed by atoms with Gasteiger partial charge >= 0.3 is 16.4 Å². The van der Waals surface area contributed by atoms with Gasteiger partial charge in [0, 0.05) is 10.8 Å². The van der Waals surface area contributed by atoms with Crippen LogP contribution in [-0.4, -0.2) is 55.0 Å². The molecule has 0 heterocycles. The molecule has 5 aromatic rings. The van der Waals surface area contributed by atoms with Gasteiger partial charge in [0.2, 0.25) is 0 Å². The Balaban J connectivity index is 1.41. The van der Waals surface area contributed by atoms with Crippen molar-refractivity contribution < 1.29 is 45.7 Å². The highest BCUT2D eigenvalue weighted by Gasteiger charge is 2.22. The third-order valence-electron chi connectivity index (χ3n) is 6.95. The van der Waals surface area contributed by atoms with E-state index in [4.69, 9.17) is 4.55 Å². The number of azo groups is 3. The van der Waals surface area contributed by atoms with Crippen molar-refractivity contribution in [1.82, 2.24) is 0 Å². The third kappa shape index (κ3) is 8.55. The number of aromatic carboxylic acids is 1. The summed E-state index contributed by atoms with van der Waals surface area (Å²) < 4.78 is 58.9. The standard InChI is InChI=1S/C32H26N6O10S2/c1-19-6-8-20(9-7-19)34-37-29-25(32(41)42)18-28(39)30(31(29)40)38-36-27-15-14-26(23-4-2-3-5-24(23)27)35-33-21-10-12-22(13-11-21)49(43,44)17-16-48-50(45,46)47/h2-15,18,39-40H,16-17H2,1H3,(H,41,42)(H,45,46,47). The molecule has 4 N–H and O–H groups in total. The van der Waals surface area contributed by atoms with Gasteiger partial charge in [0.15, 0.2) is 21.3 Å². The molecule has 16 nitrogen and oxygen atoms in total. The number of carbonyl (C=O) groups is 1. The highest BCUT2D eigenvalue weighted by molar-refractivity contribution is 7.91. The Bertz CT molecular complexity index is 2400. The van der Waals surface area contributed by atoms with E-state index in [2.05, 4.69) is 34.9 Å². The van der Waals surface area contributed by atoms with Gasteiger partial charge in [0.05, 0.1) is 45.6 Å². The Morgan fingerprint density at radius 1 is 0.700 bits per heavy atom. The minimum Gasteiger partial charge on any atom is -0.505 e. The number of hydrogen-bond donors (Lipinski definition) is 4.